The molecule has 0 aliphatic carbocycles. The van der Waals surface area contributed by atoms with Gasteiger partial charge in [0.1, 0.15) is 21.5 Å². The number of sulfonamides is 1. The van der Waals surface area contributed by atoms with Crippen LogP contribution in [0.15, 0.2) is 53.4 Å². The molecule has 0 bridgehead atoms. The highest BCUT2D eigenvalue weighted by Crippen LogP contribution is 2.44. The lowest BCUT2D eigenvalue weighted by molar-refractivity contribution is 0.459. The maximum absolute atomic E-state index is 11.3. The molecule has 9 nitrogen and oxygen atoms in total. The van der Waals surface area contributed by atoms with Crippen LogP contribution in [-0.2, 0) is 10.0 Å². The van der Waals surface area contributed by atoms with E-state index >= 15 is 0 Å². The maximum atomic E-state index is 11.3. The Balaban J connectivity index is 1.60. The van der Waals surface area contributed by atoms with E-state index in [1.807, 2.05) is 0 Å². The average Bonchev–Trinajstić information content (AvgIpc) is 3.24. The zero-order valence-corrected chi connectivity index (χ0v) is 17.6. The van der Waals surface area contributed by atoms with Crippen molar-refractivity contribution in [1.82, 2.24) is 9.97 Å². The number of phenols is 1. The molecule has 2 aromatic carbocycles. The van der Waals surface area contributed by atoms with Crippen LogP contribution < -0.4 is 16.2 Å². The Morgan fingerprint density at radius 1 is 0.900 bits per heavy atom. The van der Waals surface area contributed by atoms with Gasteiger partial charge in [-0.05, 0) is 54.1 Å². The molecule has 7 N–H and O–H groups in total. The molecule has 0 unspecified atom stereocenters. The van der Waals surface area contributed by atoms with Crippen LogP contribution in [0.25, 0.3) is 20.3 Å². The first-order valence-corrected chi connectivity index (χ1v) is 11.5. The molecule has 2 heterocycles. The van der Waals surface area contributed by atoms with Crippen molar-refractivity contribution in [3.63, 3.8) is 0 Å². The molecular weight excluding hydrogens is 446 g/mol. The van der Waals surface area contributed by atoms with Crippen LogP contribution in [0.2, 0.25) is 0 Å². The minimum Gasteiger partial charge on any atom is -0.508 e. The Kier molecular flexibility index (Phi) is 5.07. The van der Waals surface area contributed by atoms with Crippen LogP contribution in [0.5, 0.6) is 11.6 Å². The second-order valence-corrected chi connectivity index (χ2v) is 9.71. The van der Waals surface area contributed by atoms with Crippen LogP contribution in [-0.4, -0.2) is 28.6 Å². The van der Waals surface area contributed by atoms with Gasteiger partial charge in [-0.1, -0.05) is 11.3 Å². The van der Waals surface area contributed by atoms with Gasteiger partial charge in [-0.3, -0.25) is 0 Å². The third kappa shape index (κ3) is 4.07. The summed E-state index contributed by atoms with van der Waals surface area (Å²) in [5.41, 5.74) is 7.36. The van der Waals surface area contributed by atoms with Gasteiger partial charge in [0.15, 0.2) is 5.13 Å². The first-order valence-electron chi connectivity index (χ1n) is 8.36. The predicted octanol–water partition coefficient (Wildman–Crippen LogP) is 3.32. The molecule has 0 atom stereocenters. The molecule has 12 heteroatoms. The van der Waals surface area contributed by atoms with Crippen molar-refractivity contribution in [3.8, 4) is 32.0 Å². The van der Waals surface area contributed by atoms with Crippen LogP contribution in [0.4, 0.5) is 16.6 Å². The van der Waals surface area contributed by atoms with Gasteiger partial charge in [0.05, 0.1) is 9.77 Å². The van der Waals surface area contributed by atoms with Crippen LogP contribution in [0.1, 0.15) is 0 Å². The second kappa shape index (κ2) is 7.57. The third-order valence-electron chi connectivity index (χ3n) is 4.02. The molecule has 0 radical (unpaired) electrons. The summed E-state index contributed by atoms with van der Waals surface area (Å²) in [6, 6.07) is 12.3. The highest BCUT2D eigenvalue weighted by Gasteiger charge is 2.19. The number of thiazole rings is 2. The number of benzene rings is 2. The van der Waals surface area contributed by atoms with Crippen molar-refractivity contribution in [2.24, 2.45) is 5.14 Å². The number of nitrogen functional groups attached to an aromatic ring is 1. The predicted molar refractivity (Wildman–Crippen MR) is 117 cm³/mol. The summed E-state index contributed by atoms with van der Waals surface area (Å²) < 4.78 is 22.7. The maximum Gasteiger partial charge on any atom is 0.238 e. The van der Waals surface area contributed by atoms with Crippen molar-refractivity contribution in [2.75, 3.05) is 11.1 Å². The van der Waals surface area contributed by atoms with Crippen molar-refractivity contribution in [2.45, 2.75) is 4.90 Å². The highest BCUT2D eigenvalue weighted by atomic mass is 32.2. The summed E-state index contributed by atoms with van der Waals surface area (Å²) >= 11 is 2.49. The molecule has 0 aliphatic heterocycles. The lowest BCUT2D eigenvalue weighted by atomic mass is 10.2. The van der Waals surface area contributed by atoms with Crippen LogP contribution in [0, 0.1) is 0 Å². The topological polar surface area (TPSA) is 164 Å². The molecule has 0 fully saturated rings. The molecule has 154 valence electrons. The van der Waals surface area contributed by atoms with Gasteiger partial charge in [-0.25, -0.2) is 23.5 Å². The van der Waals surface area contributed by atoms with E-state index in [-0.39, 0.29) is 22.3 Å². The number of phenolic OH excluding ortho intramolecular Hbond substituents is 1. The SMILES string of the molecule is Nc1nc(Nc2ccc(S(N)(=O)=O)cc2)sc1-c1nc(O)c(-c2ccc(O)cc2)s1. The van der Waals surface area contributed by atoms with Gasteiger partial charge >= 0.3 is 0 Å². The number of rotatable bonds is 5. The van der Waals surface area contributed by atoms with Gasteiger partial charge in [-0.15, -0.1) is 11.3 Å². The summed E-state index contributed by atoms with van der Waals surface area (Å²) in [6.07, 6.45) is 0. The largest absolute Gasteiger partial charge is 0.508 e. The summed E-state index contributed by atoms with van der Waals surface area (Å²) in [7, 11) is -3.76. The van der Waals surface area contributed by atoms with Crippen molar-refractivity contribution >= 4 is 49.3 Å². The van der Waals surface area contributed by atoms with E-state index in [0.29, 0.717) is 31.1 Å². The number of aromatic nitrogens is 2. The van der Waals surface area contributed by atoms with Gasteiger partial charge < -0.3 is 21.3 Å². The number of hydrogen-bond acceptors (Lipinski definition) is 10. The van der Waals surface area contributed by atoms with E-state index < -0.39 is 10.0 Å². The molecule has 0 saturated heterocycles. The lowest BCUT2D eigenvalue weighted by Gasteiger charge is -2.03. The highest BCUT2D eigenvalue weighted by molar-refractivity contribution is 7.89. The number of nitrogens with zero attached hydrogens (tertiary/aromatic N) is 2. The van der Waals surface area contributed by atoms with E-state index in [1.54, 1.807) is 24.3 Å². The number of hydrogen-bond donors (Lipinski definition) is 5. The number of nitrogens with one attached hydrogen (secondary N) is 1. The fraction of sp³-hybridized carbons (Fsp3) is 0. The van der Waals surface area contributed by atoms with E-state index in [1.165, 1.54) is 46.9 Å². The van der Waals surface area contributed by atoms with Crippen LogP contribution in [0.3, 0.4) is 0 Å². The van der Waals surface area contributed by atoms with E-state index in [4.69, 9.17) is 10.9 Å². The zero-order chi connectivity index (χ0) is 21.5. The molecule has 4 rings (SSSR count). The lowest BCUT2D eigenvalue weighted by Crippen LogP contribution is -2.11. The minimum absolute atomic E-state index is 0.00686. The average molecular weight is 462 g/mol. The summed E-state index contributed by atoms with van der Waals surface area (Å²) in [5, 5.41) is 28.8. The van der Waals surface area contributed by atoms with E-state index in [0.717, 1.165) is 0 Å². The molecule has 0 spiro atoms. The normalized spacial score (nSPS) is 11.5. The second-order valence-electron chi connectivity index (χ2n) is 6.15. The smallest absolute Gasteiger partial charge is 0.238 e. The van der Waals surface area contributed by atoms with Gasteiger partial charge in [0, 0.05) is 5.69 Å². The number of primary sulfonamides is 1. The van der Waals surface area contributed by atoms with Crippen molar-refractivity contribution < 1.29 is 18.6 Å². The quantitative estimate of drug-likeness (QED) is 0.302. The Morgan fingerprint density at radius 2 is 1.57 bits per heavy atom. The van der Waals surface area contributed by atoms with E-state index in [9.17, 15) is 18.6 Å². The number of nitrogens with two attached hydrogens (primary N) is 2. The molecule has 4 aromatic rings. The van der Waals surface area contributed by atoms with Crippen LogP contribution >= 0.6 is 22.7 Å². The van der Waals surface area contributed by atoms with Gasteiger partial charge in [0.25, 0.3) is 0 Å². The first-order chi connectivity index (χ1) is 14.2. The van der Waals surface area contributed by atoms with Crippen molar-refractivity contribution in [3.05, 3.63) is 48.5 Å². The monoisotopic (exact) mass is 461 g/mol. The summed E-state index contributed by atoms with van der Waals surface area (Å²) in [6.45, 7) is 0. The molecule has 0 aliphatic rings. The zero-order valence-electron chi connectivity index (χ0n) is 15.1. The Bertz CT molecular complexity index is 1310. The Labute approximate surface area is 179 Å². The number of aromatic hydroxyl groups is 2. The molecule has 0 saturated carbocycles. The molecular formula is C18H15N5O4S3. The van der Waals surface area contributed by atoms with E-state index in [2.05, 4.69) is 15.3 Å². The fourth-order valence-corrected chi connectivity index (χ4v) is 5.07. The van der Waals surface area contributed by atoms with Gasteiger partial charge in [-0.2, -0.15) is 0 Å². The fourth-order valence-electron chi connectivity index (χ4n) is 2.60. The summed E-state index contributed by atoms with van der Waals surface area (Å²) in [4.78, 5) is 9.61. The minimum atomic E-state index is -3.76. The first kappa shape index (κ1) is 20.1. The summed E-state index contributed by atoms with van der Waals surface area (Å²) in [5.74, 6) is 0.235. The van der Waals surface area contributed by atoms with Gasteiger partial charge in [0.2, 0.25) is 15.9 Å². The standard InChI is InChI=1S/C18H15N5O4S3/c19-15-14(17-23-16(25)13(28-17)9-1-5-11(24)6-2-9)29-18(22-15)21-10-3-7-12(8-4-10)30(20,26)27/h1-8,24-25H,19H2,(H,21,22)(H2,20,26,27). The number of anilines is 3. The molecule has 30 heavy (non-hydrogen) atoms. The molecule has 2 aromatic heterocycles. The Hall–Kier alpha value is -3.19. The van der Waals surface area contributed by atoms with Crippen molar-refractivity contribution in [1.29, 1.82) is 0 Å². The third-order valence-corrected chi connectivity index (χ3v) is 7.18. The Morgan fingerprint density at radius 3 is 2.20 bits per heavy atom. The molecule has 0 amide bonds.